The standard InChI is InChI=1S/C11H24N2O2S/c1-4-5-10-16(14,15)13-8-6-11(2,12-3)7-9-13/h12H,4-10H2,1-3H3. The molecule has 0 amide bonds. The Hall–Kier alpha value is -0.130. The maximum Gasteiger partial charge on any atom is 0.214 e. The fourth-order valence-corrected chi connectivity index (χ4v) is 3.61. The highest BCUT2D eigenvalue weighted by molar-refractivity contribution is 7.89. The molecule has 16 heavy (non-hydrogen) atoms. The smallest absolute Gasteiger partial charge is 0.214 e. The lowest BCUT2D eigenvalue weighted by Gasteiger charge is -2.38. The number of nitrogens with one attached hydrogen (secondary N) is 1. The van der Waals surface area contributed by atoms with Crippen LogP contribution in [0.4, 0.5) is 0 Å². The first-order valence-electron chi connectivity index (χ1n) is 6.10. The lowest BCUT2D eigenvalue weighted by Crippen LogP contribution is -2.51. The van der Waals surface area contributed by atoms with E-state index in [0.717, 1.165) is 25.7 Å². The zero-order valence-corrected chi connectivity index (χ0v) is 11.4. The van der Waals surface area contributed by atoms with Crippen LogP contribution in [-0.2, 0) is 10.0 Å². The number of rotatable bonds is 5. The van der Waals surface area contributed by atoms with Gasteiger partial charge in [0.15, 0.2) is 0 Å². The predicted molar refractivity (Wildman–Crippen MR) is 67.0 cm³/mol. The van der Waals surface area contributed by atoms with E-state index >= 15 is 0 Å². The topological polar surface area (TPSA) is 49.4 Å². The van der Waals surface area contributed by atoms with Gasteiger partial charge in [-0.15, -0.1) is 0 Å². The fourth-order valence-electron chi connectivity index (χ4n) is 1.96. The van der Waals surface area contributed by atoms with Crippen molar-refractivity contribution in [1.29, 1.82) is 0 Å². The Morgan fingerprint density at radius 2 is 1.88 bits per heavy atom. The van der Waals surface area contributed by atoms with E-state index in [9.17, 15) is 8.42 Å². The quantitative estimate of drug-likeness (QED) is 0.795. The summed E-state index contributed by atoms with van der Waals surface area (Å²) in [7, 11) is -1.05. The van der Waals surface area contributed by atoms with Gasteiger partial charge in [0.1, 0.15) is 0 Å². The monoisotopic (exact) mass is 248 g/mol. The Morgan fingerprint density at radius 3 is 2.31 bits per heavy atom. The van der Waals surface area contributed by atoms with Gasteiger partial charge in [0.2, 0.25) is 10.0 Å². The molecule has 0 spiro atoms. The number of nitrogens with zero attached hydrogens (tertiary/aromatic N) is 1. The Kier molecular flexibility index (Phi) is 4.76. The minimum absolute atomic E-state index is 0.108. The van der Waals surface area contributed by atoms with E-state index in [2.05, 4.69) is 12.2 Å². The molecule has 0 aromatic rings. The predicted octanol–water partition coefficient (Wildman–Crippen LogP) is 1.19. The molecule has 0 unspecified atom stereocenters. The normalized spacial score (nSPS) is 22.2. The van der Waals surface area contributed by atoms with Crippen molar-refractivity contribution in [2.45, 2.75) is 45.1 Å². The first-order valence-corrected chi connectivity index (χ1v) is 7.71. The fraction of sp³-hybridized carbons (Fsp3) is 1.00. The van der Waals surface area contributed by atoms with Crippen LogP contribution >= 0.6 is 0 Å². The molecule has 96 valence electrons. The largest absolute Gasteiger partial charge is 0.314 e. The second-order valence-electron chi connectivity index (χ2n) is 4.88. The molecule has 0 aromatic heterocycles. The molecule has 5 heteroatoms. The molecule has 1 aliphatic rings. The van der Waals surface area contributed by atoms with Crippen LogP contribution < -0.4 is 5.32 Å². The molecule has 0 aromatic carbocycles. The Labute approximate surface area is 99.5 Å². The van der Waals surface area contributed by atoms with Gasteiger partial charge in [-0.3, -0.25) is 0 Å². The van der Waals surface area contributed by atoms with Gasteiger partial charge in [0.25, 0.3) is 0 Å². The maximum atomic E-state index is 11.9. The average Bonchev–Trinajstić information content (AvgIpc) is 2.27. The van der Waals surface area contributed by atoms with Gasteiger partial charge in [-0.2, -0.15) is 0 Å². The van der Waals surface area contributed by atoms with E-state index in [-0.39, 0.29) is 5.54 Å². The molecule has 0 bridgehead atoms. The van der Waals surface area contributed by atoms with E-state index in [0.29, 0.717) is 18.8 Å². The maximum absolute atomic E-state index is 11.9. The van der Waals surface area contributed by atoms with Crippen molar-refractivity contribution in [3.63, 3.8) is 0 Å². The minimum atomic E-state index is -3.00. The van der Waals surface area contributed by atoms with Gasteiger partial charge in [-0.25, -0.2) is 12.7 Å². The third kappa shape index (κ3) is 3.43. The third-order valence-corrected chi connectivity index (χ3v) is 5.54. The first kappa shape index (κ1) is 13.9. The van der Waals surface area contributed by atoms with Crippen molar-refractivity contribution in [2.75, 3.05) is 25.9 Å². The average molecular weight is 248 g/mol. The van der Waals surface area contributed by atoms with Crippen LogP contribution in [-0.4, -0.2) is 44.2 Å². The Bertz CT molecular complexity index is 306. The van der Waals surface area contributed by atoms with E-state index in [1.807, 2.05) is 14.0 Å². The first-order chi connectivity index (χ1) is 7.43. The van der Waals surface area contributed by atoms with Crippen LogP contribution in [0.15, 0.2) is 0 Å². The van der Waals surface area contributed by atoms with Crippen LogP contribution in [0.2, 0.25) is 0 Å². The number of hydrogen-bond donors (Lipinski definition) is 1. The number of hydrogen-bond acceptors (Lipinski definition) is 3. The van der Waals surface area contributed by atoms with Gasteiger partial charge in [-0.05, 0) is 33.2 Å². The zero-order valence-electron chi connectivity index (χ0n) is 10.6. The third-order valence-electron chi connectivity index (χ3n) is 3.58. The highest BCUT2D eigenvalue weighted by Gasteiger charge is 2.33. The summed E-state index contributed by atoms with van der Waals surface area (Å²) < 4.78 is 25.6. The molecule has 1 N–H and O–H groups in total. The molecule has 0 saturated carbocycles. The molecular formula is C11H24N2O2S. The van der Waals surface area contributed by atoms with Crippen molar-refractivity contribution in [3.8, 4) is 0 Å². The molecule has 1 saturated heterocycles. The highest BCUT2D eigenvalue weighted by atomic mass is 32.2. The molecule has 0 radical (unpaired) electrons. The van der Waals surface area contributed by atoms with Gasteiger partial charge in [0, 0.05) is 18.6 Å². The second kappa shape index (κ2) is 5.47. The number of unbranched alkanes of at least 4 members (excludes halogenated alkanes) is 1. The molecule has 4 nitrogen and oxygen atoms in total. The molecular weight excluding hydrogens is 224 g/mol. The van der Waals surface area contributed by atoms with E-state index in [1.165, 1.54) is 0 Å². The van der Waals surface area contributed by atoms with Gasteiger partial charge >= 0.3 is 0 Å². The zero-order chi connectivity index (χ0) is 12.2. The lowest BCUT2D eigenvalue weighted by molar-refractivity contribution is 0.219. The van der Waals surface area contributed by atoms with Crippen molar-refractivity contribution < 1.29 is 8.42 Å². The summed E-state index contributed by atoms with van der Waals surface area (Å²) in [6.07, 6.45) is 3.49. The minimum Gasteiger partial charge on any atom is -0.314 e. The van der Waals surface area contributed by atoms with E-state index in [4.69, 9.17) is 0 Å². The summed E-state index contributed by atoms with van der Waals surface area (Å²) in [6, 6.07) is 0. The van der Waals surface area contributed by atoms with Gasteiger partial charge < -0.3 is 5.32 Å². The summed E-state index contributed by atoms with van der Waals surface area (Å²) in [5.41, 5.74) is 0.108. The van der Waals surface area contributed by atoms with Crippen LogP contribution in [0.3, 0.4) is 0 Å². The van der Waals surface area contributed by atoms with Crippen molar-refractivity contribution in [2.24, 2.45) is 0 Å². The van der Waals surface area contributed by atoms with Crippen molar-refractivity contribution >= 4 is 10.0 Å². The molecule has 1 aliphatic heterocycles. The summed E-state index contributed by atoms with van der Waals surface area (Å²) in [6.45, 7) is 5.49. The van der Waals surface area contributed by atoms with Crippen molar-refractivity contribution in [1.82, 2.24) is 9.62 Å². The molecule has 0 atom stereocenters. The summed E-state index contributed by atoms with van der Waals surface area (Å²) in [4.78, 5) is 0. The van der Waals surface area contributed by atoms with Crippen LogP contribution in [0.1, 0.15) is 39.5 Å². The Morgan fingerprint density at radius 1 is 1.31 bits per heavy atom. The second-order valence-corrected chi connectivity index (χ2v) is 6.97. The van der Waals surface area contributed by atoms with E-state index in [1.54, 1.807) is 4.31 Å². The highest BCUT2D eigenvalue weighted by Crippen LogP contribution is 2.23. The summed E-state index contributed by atoms with van der Waals surface area (Å²) >= 11 is 0. The van der Waals surface area contributed by atoms with Gasteiger partial charge in [0.05, 0.1) is 5.75 Å². The van der Waals surface area contributed by atoms with E-state index < -0.39 is 10.0 Å². The summed E-state index contributed by atoms with van der Waals surface area (Å²) in [5.74, 6) is 0.305. The van der Waals surface area contributed by atoms with Crippen LogP contribution in [0.25, 0.3) is 0 Å². The molecule has 1 heterocycles. The van der Waals surface area contributed by atoms with Crippen LogP contribution in [0, 0.1) is 0 Å². The lowest BCUT2D eigenvalue weighted by atomic mass is 9.91. The SMILES string of the molecule is CCCCS(=O)(=O)N1CCC(C)(NC)CC1. The summed E-state index contributed by atoms with van der Waals surface area (Å²) in [5, 5.41) is 3.27. The number of piperidine rings is 1. The van der Waals surface area contributed by atoms with Gasteiger partial charge in [-0.1, -0.05) is 13.3 Å². The molecule has 1 rings (SSSR count). The molecule has 1 fully saturated rings. The number of sulfonamides is 1. The Balaban J connectivity index is 2.53. The van der Waals surface area contributed by atoms with Crippen LogP contribution in [0.5, 0.6) is 0 Å². The van der Waals surface area contributed by atoms with Crippen molar-refractivity contribution in [3.05, 3.63) is 0 Å². The molecule has 0 aliphatic carbocycles.